The van der Waals surface area contributed by atoms with Crippen LogP contribution in [0.3, 0.4) is 0 Å². The zero-order chi connectivity index (χ0) is 22.9. The quantitative estimate of drug-likeness (QED) is 0.404. The van der Waals surface area contributed by atoms with Crippen molar-refractivity contribution in [1.29, 1.82) is 0 Å². The minimum absolute atomic E-state index is 0.115. The van der Waals surface area contributed by atoms with Crippen LogP contribution in [0.1, 0.15) is 50.5 Å². The summed E-state index contributed by atoms with van der Waals surface area (Å²) in [4.78, 5) is 16.0. The number of hydrogen-bond acceptors (Lipinski definition) is 3. The summed E-state index contributed by atoms with van der Waals surface area (Å²) >= 11 is 0. The molecule has 0 spiro atoms. The summed E-state index contributed by atoms with van der Waals surface area (Å²) in [5.41, 5.74) is -0.764. The van der Waals surface area contributed by atoms with Crippen molar-refractivity contribution in [3.05, 3.63) is 42.5 Å². The van der Waals surface area contributed by atoms with Gasteiger partial charge >= 0.3 is 12.3 Å². The molecule has 1 aliphatic rings. The van der Waals surface area contributed by atoms with Gasteiger partial charge in [-0.3, -0.25) is 0 Å². The van der Waals surface area contributed by atoms with E-state index in [2.05, 4.69) is 18.5 Å². The first kappa shape index (κ1) is 25.2. The van der Waals surface area contributed by atoms with Gasteiger partial charge in [0.05, 0.1) is 5.56 Å². The number of halogens is 3. The Morgan fingerprint density at radius 1 is 1.06 bits per heavy atom. The van der Waals surface area contributed by atoms with Crippen LogP contribution in [0.2, 0.25) is 0 Å². The maximum absolute atomic E-state index is 12.6. The van der Waals surface area contributed by atoms with Gasteiger partial charge in [0.15, 0.2) is 0 Å². The summed E-state index contributed by atoms with van der Waals surface area (Å²) < 4.78 is 43.0. The molecule has 1 aliphatic carbocycles. The predicted octanol–water partition coefficient (Wildman–Crippen LogP) is 6.23. The van der Waals surface area contributed by atoms with Gasteiger partial charge in [0, 0.05) is 20.1 Å². The van der Waals surface area contributed by atoms with Crippen molar-refractivity contribution in [1.82, 2.24) is 9.80 Å². The maximum Gasteiger partial charge on any atom is 0.416 e. The van der Waals surface area contributed by atoms with Gasteiger partial charge < -0.3 is 14.5 Å². The number of carbonyl (C=O) groups excluding carboxylic acids is 1. The Balaban J connectivity index is 1.64. The highest BCUT2D eigenvalue weighted by Crippen LogP contribution is 2.33. The number of nitrogens with zero attached hydrogens (tertiary/aromatic N) is 2. The van der Waals surface area contributed by atoms with Crippen molar-refractivity contribution in [2.45, 2.75) is 51.1 Å². The van der Waals surface area contributed by atoms with Crippen molar-refractivity contribution in [3.63, 3.8) is 0 Å². The van der Waals surface area contributed by atoms with Crippen LogP contribution in [-0.4, -0.2) is 49.6 Å². The summed E-state index contributed by atoms with van der Waals surface area (Å²) in [5, 5.41) is 0. The normalized spacial score (nSPS) is 19.3. The second kappa shape index (κ2) is 12.1. The molecule has 7 heteroatoms. The third kappa shape index (κ3) is 8.93. The third-order valence-corrected chi connectivity index (χ3v) is 6.13. The van der Waals surface area contributed by atoms with E-state index in [-0.39, 0.29) is 5.75 Å². The Hall–Kier alpha value is -2.02. The largest absolute Gasteiger partial charge is 0.416 e. The van der Waals surface area contributed by atoms with Gasteiger partial charge in [-0.1, -0.05) is 31.8 Å². The Morgan fingerprint density at radius 3 is 2.19 bits per heavy atom. The number of hydrogen-bond donors (Lipinski definition) is 0. The summed E-state index contributed by atoms with van der Waals surface area (Å²) in [6.07, 6.45) is 5.27. The van der Waals surface area contributed by atoms with E-state index in [1.807, 2.05) is 6.08 Å². The molecule has 1 amide bonds. The van der Waals surface area contributed by atoms with Gasteiger partial charge in [0.2, 0.25) is 0 Å². The third-order valence-electron chi connectivity index (χ3n) is 6.13. The SMILES string of the molecule is C=CCN(C)CCCC1CCC(CCN(C)C(=O)Oc2ccc(C(F)(F)F)cc2)CC1. The lowest BCUT2D eigenvalue weighted by molar-refractivity contribution is -0.137. The fourth-order valence-corrected chi connectivity index (χ4v) is 4.13. The van der Waals surface area contributed by atoms with Crippen LogP contribution in [0.4, 0.5) is 18.0 Å². The fourth-order valence-electron chi connectivity index (χ4n) is 4.13. The molecule has 174 valence electrons. The molecular weight excluding hydrogens is 405 g/mol. The molecule has 4 nitrogen and oxygen atoms in total. The number of likely N-dealkylation sites (N-methyl/N-ethyl adjacent to an activating group) is 1. The molecular formula is C24H35F3N2O2. The van der Waals surface area contributed by atoms with Crippen LogP contribution in [0.15, 0.2) is 36.9 Å². The van der Waals surface area contributed by atoms with Gasteiger partial charge in [-0.05, 0) is 69.0 Å². The Bertz CT molecular complexity index is 683. The lowest BCUT2D eigenvalue weighted by Crippen LogP contribution is -2.32. The van der Waals surface area contributed by atoms with Crippen LogP contribution in [0.5, 0.6) is 5.75 Å². The van der Waals surface area contributed by atoms with Gasteiger partial charge in [0.1, 0.15) is 5.75 Å². The molecule has 2 rings (SSSR count). The molecule has 1 saturated carbocycles. The topological polar surface area (TPSA) is 32.8 Å². The van der Waals surface area contributed by atoms with Crippen LogP contribution in [-0.2, 0) is 6.18 Å². The fraction of sp³-hybridized carbons (Fsp3) is 0.625. The summed E-state index contributed by atoms with van der Waals surface area (Å²) in [6, 6.07) is 4.17. The van der Waals surface area contributed by atoms with Crippen molar-refractivity contribution < 1.29 is 22.7 Å². The highest BCUT2D eigenvalue weighted by molar-refractivity contribution is 5.70. The Kier molecular flexibility index (Phi) is 9.88. The average molecular weight is 441 g/mol. The van der Waals surface area contributed by atoms with E-state index in [1.54, 1.807) is 7.05 Å². The molecule has 0 unspecified atom stereocenters. The van der Waals surface area contributed by atoms with E-state index in [0.717, 1.165) is 37.6 Å². The Labute approximate surface area is 184 Å². The second-order valence-electron chi connectivity index (χ2n) is 8.68. The van der Waals surface area contributed by atoms with E-state index >= 15 is 0 Å². The van der Waals surface area contributed by atoms with Crippen molar-refractivity contribution in [2.24, 2.45) is 11.8 Å². The van der Waals surface area contributed by atoms with Crippen LogP contribution < -0.4 is 4.74 Å². The smallest absolute Gasteiger partial charge is 0.410 e. The van der Waals surface area contributed by atoms with Gasteiger partial charge in [-0.25, -0.2) is 4.79 Å². The monoisotopic (exact) mass is 440 g/mol. The molecule has 0 atom stereocenters. The van der Waals surface area contributed by atoms with E-state index in [0.29, 0.717) is 12.5 Å². The molecule has 0 aliphatic heterocycles. The average Bonchev–Trinajstić information content (AvgIpc) is 2.73. The molecule has 1 aromatic carbocycles. The summed E-state index contributed by atoms with van der Waals surface area (Å²) in [7, 11) is 3.79. The molecule has 0 radical (unpaired) electrons. The minimum Gasteiger partial charge on any atom is -0.410 e. The zero-order valence-corrected chi connectivity index (χ0v) is 18.7. The number of carbonyl (C=O) groups is 1. The predicted molar refractivity (Wildman–Crippen MR) is 117 cm³/mol. The van der Waals surface area contributed by atoms with Crippen molar-refractivity contribution in [3.8, 4) is 5.75 Å². The molecule has 0 saturated heterocycles. The highest BCUT2D eigenvalue weighted by atomic mass is 19.4. The number of benzene rings is 1. The lowest BCUT2D eigenvalue weighted by Gasteiger charge is -2.30. The number of rotatable bonds is 10. The van der Waals surface area contributed by atoms with E-state index in [1.165, 1.54) is 55.6 Å². The molecule has 0 N–H and O–H groups in total. The number of amides is 1. The Morgan fingerprint density at radius 2 is 1.65 bits per heavy atom. The maximum atomic E-state index is 12.6. The number of alkyl halides is 3. The van der Waals surface area contributed by atoms with Crippen molar-refractivity contribution >= 4 is 6.09 Å². The molecule has 31 heavy (non-hydrogen) atoms. The second-order valence-corrected chi connectivity index (χ2v) is 8.68. The first-order valence-corrected chi connectivity index (χ1v) is 11.1. The molecule has 0 aromatic heterocycles. The number of ether oxygens (including phenoxy) is 1. The zero-order valence-electron chi connectivity index (χ0n) is 18.7. The minimum atomic E-state index is -4.40. The van der Waals surface area contributed by atoms with Crippen LogP contribution in [0, 0.1) is 11.8 Å². The standard InChI is InChI=1S/C24H35F3N2O2/c1-4-16-28(2)17-5-6-19-7-9-20(10-8-19)15-18-29(3)23(30)31-22-13-11-21(12-14-22)24(25,26)27/h4,11-14,19-20H,1,5-10,15-18H2,2-3H3. The van der Waals surface area contributed by atoms with Crippen LogP contribution >= 0.6 is 0 Å². The summed E-state index contributed by atoms with van der Waals surface area (Å²) in [5.74, 6) is 1.53. The van der Waals surface area contributed by atoms with E-state index in [4.69, 9.17) is 4.74 Å². The molecule has 0 bridgehead atoms. The van der Waals surface area contributed by atoms with Crippen molar-refractivity contribution in [2.75, 3.05) is 33.7 Å². The highest BCUT2D eigenvalue weighted by Gasteiger charge is 2.30. The van der Waals surface area contributed by atoms with E-state index in [9.17, 15) is 18.0 Å². The van der Waals surface area contributed by atoms with Crippen LogP contribution in [0.25, 0.3) is 0 Å². The molecule has 1 aromatic rings. The lowest BCUT2D eigenvalue weighted by atomic mass is 9.78. The summed E-state index contributed by atoms with van der Waals surface area (Å²) in [6.45, 7) is 6.39. The van der Waals surface area contributed by atoms with Gasteiger partial charge in [0.25, 0.3) is 0 Å². The first-order valence-electron chi connectivity index (χ1n) is 11.1. The van der Waals surface area contributed by atoms with Gasteiger partial charge in [-0.2, -0.15) is 13.2 Å². The van der Waals surface area contributed by atoms with Gasteiger partial charge in [-0.15, -0.1) is 6.58 Å². The van der Waals surface area contributed by atoms with E-state index < -0.39 is 17.8 Å². The molecule has 0 heterocycles. The molecule has 1 fully saturated rings. The first-order chi connectivity index (χ1) is 14.7.